The average molecular weight is 309 g/mol. The fraction of sp³-hybridized carbons (Fsp3) is 0.357. The Kier molecular flexibility index (Phi) is 4.46. The molecule has 0 aliphatic heterocycles. The van der Waals surface area contributed by atoms with Gasteiger partial charge in [-0.05, 0) is 12.5 Å². The van der Waals surface area contributed by atoms with Gasteiger partial charge in [-0.15, -0.1) is 0 Å². The minimum absolute atomic E-state index is 0.128. The molecule has 21 heavy (non-hydrogen) atoms. The van der Waals surface area contributed by atoms with Gasteiger partial charge in [0.05, 0.1) is 18.3 Å². The summed E-state index contributed by atoms with van der Waals surface area (Å²) < 4.78 is 34.3. The first-order valence-electron chi connectivity index (χ1n) is 6.44. The summed E-state index contributed by atoms with van der Waals surface area (Å²) in [6.07, 6.45) is 2.78. The molecule has 0 saturated carbocycles. The lowest BCUT2D eigenvalue weighted by molar-refractivity contribution is 0.132. The predicted molar refractivity (Wildman–Crippen MR) is 79.2 cm³/mol. The summed E-state index contributed by atoms with van der Waals surface area (Å²) >= 11 is 0. The van der Waals surface area contributed by atoms with Crippen LogP contribution >= 0.6 is 0 Å². The molecular weight excluding hydrogens is 290 g/mol. The van der Waals surface area contributed by atoms with Crippen molar-refractivity contribution < 1.29 is 13.2 Å². The van der Waals surface area contributed by atoms with Crippen LogP contribution in [0.3, 0.4) is 0 Å². The summed E-state index contributed by atoms with van der Waals surface area (Å²) in [5.74, 6) is 0. The number of nitrogens with zero attached hydrogens (tertiary/aromatic N) is 2. The number of aromatic nitrogens is 2. The van der Waals surface area contributed by atoms with E-state index in [0.29, 0.717) is 0 Å². The summed E-state index contributed by atoms with van der Waals surface area (Å²) in [5, 5.41) is 3.90. The van der Waals surface area contributed by atoms with Crippen LogP contribution in [0.25, 0.3) is 0 Å². The first-order chi connectivity index (χ1) is 9.87. The molecule has 7 heteroatoms. The number of hydrogen-bond acceptors (Lipinski definition) is 4. The van der Waals surface area contributed by atoms with E-state index in [1.807, 2.05) is 30.3 Å². The van der Waals surface area contributed by atoms with Crippen LogP contribution in [0.1, 0.15) is 12.5 Å². The van der Waals surface area contributed by atoms with Gasteiger partial charge >= 0.3 is 0 Å². The number of sulfonamides is 1. The topological polar surface area (TPSA) is 73.2 Å². The largest absolute Gasteiger partial charge is 0.382 e. The molecule has 0 fully saturated rings. The van der Waals surface area contributed by atoms with Crippen molar-refractivity contribution in [1.29, 1.82) is 0 Å². The molecule has 0 saturated heterocycles. The Morgan fingerprint density at radius 1 is 1.33 bits per heavy atom. The first-order valence-corrected chi connectivity index (χ1v) is 7.93. The van der Waals surface area contributed by atoms with Crippen LogP contribution < -0.4 is 4.72 Å². The highest BCUT2D eigenvalue weighted by molar-refractivity contribution is 7.89. The van der Waals surface area contributed by atoms with E-state index in [1.54, 1.807) is 21.1 Å². The van der Waals surface area contributed by atoms with Crippen LogP contribution in [0.4, 0.5) is 0 Å². The van der Waals surface area contributed by atoms with Gasteiger partial charge in [-0.1, -0.05) is 30.3 Å². The molecule has 0 radical (unpaired) electrons. The van der Waals surface area contributed by atoms with Gasteiger partial charge in [0.1, 0.15) is 4.90 Å². The van der Waals surface area contributed by atoms with Gasteiger partial charge in [0.15, 0.2) is 0 Å². The van der Waals surface area contributed by atoms with E-state index < -0.39 is 15.6 Å². The summed E-state index contributed by atoms with van der Waals surface area (Å²) in [6.45, 7) is 2.01. The molecule has 0 aliphatic carbocycles. The summed E-state index contributed by atoms with van der Waals surface area (Å²) in [7, 11) is -0.468. The molecule has 1 atom stereocenters. The van der Waals surface area contributed by atoms with Crippen LogP contribution in [-0.2, 0) is 27.3 Å². The van der Waals surface area contributed by atoms with E-state index in [2.05, 4.69) is 9.82 Å². The van der Waals surface area contributed by atoms with E-state index in [1.165, 1.54) is 17.1 Å². The molecule has 0 amide bonds. The molecule has 2 rings (SSSR count). The van der Waals surface area contributed by atoms with Crippen molar-refractivity contribution in [2.75, 3.05) is 13.7 Å². The zero-order valence-corrected chi connectivity index (χ0v) is 13.1. The molecule has 0 spiro atoms. The minimum Gasteiger partial charge on any atom is -0.382 e. The maximum absolute atomic E-state index is 12.5. The van der Waals surface area contributed by atoms with Gasteiger partial charge in [-0.2, -0.15) is 9.82 Å². The maximum Gasteiger partial charge on any atom is 0.244 e. The van der Waals surface area contributed by atoms with Crippen molar-refractivity contribution in [3.8, 4) is 0 Å². The molecule has 0 aliphatic rings. The van der Waals surface area contributed by atoms with Crippen molar-refractivity contribution >= 4 is 10.0 Å². The Hall–Kier alpha value is -1.70. The van der Waals surface area contributed by atoms with Crippen LogP contribution in [0, 0.1) is 0 Å². The highest BCUT2D eigenvalue weighted by Gasteiger charge is 2.33. The Morgan fingerprint density at radius 2 is 2.00 bits per heavy atom. The van der Waals surface area contributed by atoms with E-state index in [9.17, 15) is 8.42 Å². The Labute approximate surface area is 124 Å². The summed E-state index contributed by atoms with van der Waals surface area (Å²) in [6, 6.07) is 9.34. The fourth-order valence-corrected chi connectivity index (χ4v) is 3.52. The molecule has 0 unspecified atom stereocenters. The molecule has 2 aromatic rings. The molecule has 1 N–H and O–H groups in total. The standard InChI is InChI=1S/C14H19N3O3S/c1-14(11-20-3,12-7-5-4-6-8-12)16-21(18,19)13-9-15-17(2)10-13/h4-10,16H,11H2,1-3H3/t14-/m1/s1. The average Bonchev–Trinajstić information content (AvgIpc) is 2.87. The van der Waals surface area contributed by atoms with Gasteiger partial charge in [-0.3, -0.25) is 4.68 Å². The third kappa shape index (κ3) is 3.49. The third-order valence-electron chi connectivity index (χ3n) is 3.20. The zero-order chi connectivity index (χ0) is 15.5. The van der Waals surface area contributed by atoms with Crippen molar-refractivity contribution in [1.82, 2.24) is 14.5 Å². The number of aryl methyl sites for hydroxylation is 1. The number of methoxy groups -OCH3 is 1. The maximum atomic E-state index is 12.5. The second-order valence-electron chi connectivity index (χ2n) is 5.09. The molecular formula is C14H19N3O3S. The smallest absolute Gasteiger partial charge is 0.244 e. The van der Waals surface area contributed by atoms with Crippen LogP contribution in [-0.4, -0.2) is 31.9 Å². The molecule has 6 nitrogen and oxygen atoms in total. The number of rotatable bonds is 6. The van der Waals surface area contributed by atoms with Gasteiger partial charge in [-0.25, -0.2) is 8.42 Å². The van der Waals surface area contributed by atoms with Crippen LogP contribution in [0.15, 0.2) is 47.6 Å². The van der Waals surface area contributed by atoms with Gasteiger partial charge in [0.25, 0.3) is 0 Å². The predicted octanol–water partition coefficient (Wildman–Crippen LogP) is 1.26. The highest BCUT2D eigenvalue weighted by Crippen LogP contribution is 2.23. The lowest BCUT2D eigenvalue weighted by Gasteiger charge is -2.30. The molecule has 1 aromatic carbocycles. The van der Waals surface area contributed by atoms with E-state index in [4.69, 9.17) is 4.74 Å². The highest BCUT2D eigenvalue weighted by atomic mass is 32.2. The second kappa shape index (κ2) is 5.97. The molecule has 0 bridgehead atoms. The van der Waals surface area contributed by atoms with E-state index in [-0.39, 0.29) is 11.5 Å². The number of benzene rings is 1. The Bertz CT molecular complexity index is 697. The number of hydrogen-bond donors (Lipinski definition) is 1. The third-order valence-corrected chi connectivity index (χ3v) is 4.75. The van der Waals surface area contributed by atoms with Gasteiger partial charge < -0.3 is 4.74 Å². The lowest BCUT2D eigenvalue weighted by atomic mass is 9.94. The molecule has 1 aromatic heterocycles. The van der Waals surface area contributed by atoms with Crippen molar-refractivity contribution in [2.45, 2.75) is 17.4 Å². The molecule has 1 heterocycles. The van der Waals surface area contributed by atoms with Gasteiger partial charge in [0, 0.05) is 20.4 Å². The minimum atomic E-state index is -3.68. The zero-order valence-electron chi connectivity index (χ0n) is 12.3. The normalized spacial score (nSPS) is 14.8. The lowest BCUT2D eigenvalue weighted by Crippen LogP contribution is -2.46. The van der Waals surface area contributed by atoms with E-state index >= 15 is 0 Å². The van der Waals surface area contributed by atoms with Crippen molar-refractivity contribution in [3.63, 3.8) is 0 Å². The van der Waals surface area contributed by atoms with Gasteiger partial charge in [0.2, 0.25) is 10.0 Å². The summed E-state index contributed by atoms with van der Waals surface area (Å²) in [5.41, 5.74) is -0.0238. The monoisotopic (exact) mass is 309 g/mol. The molecule has 114 valence electrons. The Morgan fingerprint density at radius 3 is 2.52 bits per heavy atom. The SMILES string of the molecule is COC[C@@](C)(NS(=O)(=O)c1cnn(C)c1)c1ccccc1. The number of ether oxygens (including phenoxy) is 1. The Balaban J connectivity index is 2.36. The van der Waals surface area contributed by atoms with Crippen molar-refractivity contribution in [2.24, 2.45) is 7.05 Å². The van der Waals surface area contributed by atoms with Crippen LogP contribution in [0.5, 0.6) is 0 Å². The van der Waals surface area contributed by atoms with E-state index in [0.717, 1.165) is 5.56 Å². The number of nitrogens with one attached hydrogen (secondary N) is 1. The second-order valence-corrected chi connectivity index (χ2v) is 6.77. The first kappa shape index (κ1) is 15.7. The summed E-state index contributed by atoms with van der Waals surface area (Å²) in [4.78, 5) is 0.128. The quantitative estimate of drug-likeness (QED) is 0.872. The van der Waals surface area contributed by atoms with Crippen LogP contribution in [0.2, 0.25) is 0 Å². The fourth-order valence-electron chi connectivity index (χ4n) is 2.16. The van der Waals surface area contributed by atoms with Crippen molar-refractivity contribution in [3.05, 3.63) is 48.3 Å².